The molecule has 0 unspecified atom stereocenters. The van der Waals surface area contributed by atoms with Crippen molar-refractivity contribution in [1.82, 2.24) is 0 Å². The maximum absolute atomic E-state index is 2.44. The highest BCUT2D eigenvalue weighted by Crippen LogP contribution is 2.43. The molecule has 254 valence electrons. The summed E-state index contributed by atoms with van der Waals surface area (Å²) in [6, 6.07) is 74.3. The van der Waals surface area contributed by atoms with Crippen LogP contribution in [-0.4, -0.2) is 0 Å². The first-order valence-electron chi connectivity index (χ1n) is 19.1. The van der Waals surface area contributed by atoms with E-state index in [1.165, 1.54) is 97.0 Å². The average Bonchev–Trinajstić information content (AvgIpc) is 3.25. The lowest BCUT2D eigenvalue weighted by molar-refractivity contribution is 1.30. The van der Waals surface area contributed by atoms with Gasteiger partial charge in [-0.1, -0.05) is 164 Å². The van der Waals surface area contributed by atoms with E-state index in [-0.39, 0.29) is 0 Å². The molecule has 0 saturated carbocycles. The number of hydrogen-bond acceptors (Lipinski definition) is 1. The van der Waals surface area contributed by atoms with Crippen LogP contribution in [0.2, 0.25) is 0 Å². The Morgan fingerprint density at radius 1 is 0.200 bits per heavy atom. The minimum absolute atomic E-state index is 1.13. The largest absolute Gasteiger partial charge is 0.310 e. The molecule has 0 atom stereocenters. The molecule has 0 saturated heterocycles. The smallest absolute Gasteiger partial charge is 0.0468 e. The van der Waals surface area contributed by atoms with E-state index in [1.54, 1.807) is 0 Å². The Balaban J connectivity index is 1.10. The number of nitrogens with zero attached hydrogens (tertiary/aromatic N) is 1. The van der Waals surface area contributed by atoms with Crippen molar-refractivity contribution in [3.05, 3.63) is 200 Å². The molecule has 0 aromatic heterocycles. The van der Waals surface area contributed by atoms with E-state index in [1.807, 2.05) is 0 Å². The summed E-state index contributed by atoms with van der Waals surface area (Å²) < 4.78 is 0. The van der Waals surface area contributed by atoms with Gasteiger partial charge in [-0.05, 0) is 133 Å². The third kappa shape index (κ3) is 4.60. The maximum atomic E-state index is 2.44. The van der Waals surface area contributed by atoms with E-state index in [0.29, 0.717) is 0 Å². The molecule has 12 aromatic rings. The first-order valence-corrected chi connectivity index (χ1v) is 19.1. The first kappa shape index (κ1) is 30.3. The van der Waals surface area contributed by atoms with Crippen LogP contribution in [0.15, 0.2) is 200 Å². The van der Waals surface area contributed by atoms with Crippen molar-refractivity contribution in [1.29, 1.82) is 0 Å². The molecule has 0 aliphatic rings. The predicted molar refractivity (Wildman–Crippen MR) is 239 cm³/mol. The molecule has 0 amide bonds. The topological polar surface area (TPSA) is 3.24 Å². The van der Waals surface area contributed by atoms with Crippen molar-refractivity contribution >= 4 is 114 Å². The minimum atomic E-state index is 1.13. The summed E-state index contributed by atoms with van der Waals surface area (Å²) >= 11 is 0. The van der Waals surface area contributed by atoms with Gasteiger partial charge < -0.3 is 4.90 Å². The lowest BCUT2D eigenvalue weighted by Crippen LogP contribution is -2.10. The molecule has 1 nitrogen and oxygen atoms in total. The van der Waals surface area contributed by atoms with Gasteiger partial charge in [-0.3, -0.25) is 0 Å². The fraction of sp³-hybridized carbons (Fsp3) is 0. The monoisotopic (exact) mass is 695 g/mol. The second kappa shape index (κ2) is 11.6. The quantitative estimate of drug-likeness (QED) is 0.166. The van der Waals surface area contributed by atoms with Crippen molar-refractivity contribution in [2.75, 3.05) is 4.90 Å². The van der Waals surface area contributed by atoms with Gasteiger partial charge in [-0.2, -0.15) is 0 Å². The van der Waals surface area contributed by atoms with Gasteiger partial charge in [-0.25, -0.2) is 0 Å². The lowest BCUT2D eigenvalue weighted by Gasteiger charge is -2.27. The van der Waals surface area contributed by atoms with Crippen LogP contribution in [0.3, 0.4) is 0 Å². The second-order valence-electron chi connectivity index (χ2n) is 14.9. The van der Waals surface area contributed by atoms with E-state index in [9.17, 15) is 0 Å². The Morgan fingerprint density at radius 2 is 0.455 bits per heavy atom. The molecule has 12 rings (SSSR count). The molecule has 1 heteroatoms. The zero-order valence-electron chi connectivity index (χ0n) is 30.0. The molecule has 0 N–H and O–H groups in total. The predicted octanol–water partition coefficient (Wildman–Crippen LogP) is 15.5. The van der Waals surface area contributed by atoms with Crippen molar-refractivity contribution in [3.8, 4) is 0 Å². The van der Waals surface area contributed by atoms with Crippen molar-refractivity contribution in [2.45, 2.75) is 0 Å². The Bertz CT molecular complexity index is 3180. The first-order chi connectivity index (χ1) is 27.2. The van der Waals surface area contributed by atoms with E-state index in [2.05, 4.69) is 205 Å². The minimum Gasteiger partial charge on any atom is -0.310 e. The van der Waals surface area contributed by atoms with Crippen molar-refractivity contribution in [3.63, 3.8) is 0 Å². The van der Waals surface area contributed by atoms with Gasteiger partial charge in [0, 0.05) is 17.1 Å². The van der Waals surface area contributed by atoms with Crippen LogP contribution < -0.4 is 4.90 Å². The van der Waals surface area contributed by atoms with Gasteiger partial charge in [0.05, 0.1) is 0 Å². The zero-order chi connectivity index (χ0) is 36.0. The number of benzene rings is 12. The number of rotatable bonds is 3. The Labute approximate surface area is 317 Å². The summed E-state index contributed by atoms with van der Waals surface area (Å²) in [5.41, 5.74) is 3.38. The van der Waals surface area contributed by atoms with Crippen molar-refractivity contribution < 1.29 is 0 Å². The Kier molecular flexibility index (Phi) is 6.40. The Morgan fingerprint density at radius 3 is 0.782 bits per heavy atom. The number of hydrogen-bond donors (Lipinski definition) is 0. The lowest BCUT2D eigenvalue weighted by atomic mass is 9.95. The van der Waals surface area contributed by atoms with Crippen LogP contribution in [-0.2, 0) is 0 Å². The standard InChI is InChI=1S/C54H33N/c1-4-10-46-34(7-1)13-16-37-19-22-40-31-43(25-28-49(40)52(37)46)55(44-26-29-50-41(32-44)23-20-38-17-14-35-8-2-5-11-47(35)53(38)50)45-27-30-51-42(33-45)24-21-39-18-15-36-9-3-6-12-48(36)54(39)51/h1-33H. The fourth-order valence-corrected chi connectivity index (χ4v) is 9.33. The normalized spacial score (nSPS) is 12.0. The average molecular weight is 696 g/mol. The van der Waals surface area contributed by atoms with Crippen LogP contribution in [0, 0.1) is 0 Å². The van der Waals surface area contributed by atoms with Crippen LogP contribution >= 0.6 is 0 Å². The highest BCUT2D eigenvalue weighted by atomic mass is 15.1. The van der Waals surface area contributed by atoms with E-state index >= 15 is 0 Å². The van der Waals surface area contributed by atoms with Gasteiger partial charge >= 0.3 is 0 Å². The van der Waals surface area contributed by atoms with Gasteiger partial charge in [0.2, 0.25) is 0 Å². The highest BCUT2D eigenvalue weighted by molar-refractivity contribution is 6.23. The third-order valence-corrected chi connectivity index (χ3v) is 11.9. The molecular weight excluding hydrogens is 663 g/mol. The van der Waals surface area contributed by atoms with Crippen molar-refractivity contribution in [2.24, 2.45) is 0 Å². The third-order valence-electron chi connectivity index (χ3n) is 11.9. The van der Waals surface area contributed by atoms with E-state index in [0.717, 1.165) is 17.1 Å². The summed E-state index contributed by atoms with van der Waals surface area (Å²) in [7, 11) is 0. The molecule has 0 aliphatic carbocycles. The summed E-state index contributed by atoms with van der Waals surface area (Å²) in [5, 5.41) is 22.9. The fourth-order valence-electron chi connectivity index (χ4n) is 9.33. The molecule has 12 aromatic carbocycles. The molecule has 0 fully saturated rings. The van der Waals surface area contributed by atoms with Gasteiger partial charge in [0.15, 0.2) is 0 Å². The van der Waals surface area contributed by atoms with Gasteiger partial charge in [-0.15, -0.1) is 0 Å². The van der Waals surface area contributed by atoms with E-state index in [4.69, 9.17) is 0 Å². The molecule has 55 heavy (non-hydrogen) atoms. The molecule has 0 spiro atoms. The van der Waals surface area contributed by atoms with Crippen LogP contribution in [0.4, 0.5) is 17.1 Å². The number of fused-ring (bicyclic) bond motifs is 15. The molecule has 0 heterocycles. The maximum Gasteiger partial charge on any atom is 0.0468 e. The summed E-state index contributed by atoms with van der Waals surface area (Å²) in [6.45, 7) is 0. The van der Waals surface area contributed by atoms with Crippen LogP contribution in [0.5, 0.6) is 0 Å². The van der Waals surface area contributed by atoms with Crippen LogP contribution in [0.25, 0.3) is 97.0 Å². The summed E-state index contributed by atoms with van der Waals surface area (Å²) in [6.07, 6.45) is 0. The Hall–Kier alpha value is -7.22. The van der Waals surface area contributed by atoms with Crippen LogP contribution in [0.1, 0.15) is 0 Å². The molecular formula is C54H33N. The SMILES string of the molecule is c1ccc2c(c1)ccc1ccc3cc(N(c4ccc5c(ccc6ccc7ccccc7c65)c4)c4ccc5c(ccc6ccc7ccccc7c65)c4)ccc3c12. The zero-order valence-corrected chi connectivity index (χ0v) is 30.0. The van der Waals surface area contributed by atoms with Gasteiger partial charge in [0.1, 0.15) is 0 Å². The highest BCUT2D eigenvalue weighted by Gasteiger charge is 2.17. The van der Waals surface area contributed by atoms with E-state index < -0.39 is 0 Å². The summed E-state index contributed by atoms with van der Waals surface area (Å²) in [4.78, 5) is 2.44. The molecule has 0 bridgehead atoms. The number of anilines is 3. The molecule has 0 radical (unpaired) electrons. The summed E-state index contributed by atoms with van der Waals surface area (Å²) in [5.74, 6) is 0. The second-order valence-corrected chi connectivity index (χ2v) is 14.9. The molecule has 0 aliphatic heterocycles. The van der Waals surface area contributed by atoms with Gasteiger partial charge in [0.25, 0.3) is 0 Å².